The van der Waals surface area contributed by atoms with Crippen LogP contribution in [0, 0.1) is 5.92 Å². The molecule has 1 aliphatic rings. The van der Waals surface area contributed by atoms with Crippen LogP contribution in [-0.4, -0.2) is 36.8 Å². The minimum absolute atomic E-state index is 0.0852. The van der Waals surface area contributed by atoms with Gasteiger partial charge in [-0.05, 0) is 18.8 Å². The summed E-state index contributed by atoms with van der Waals surface area (Å²) < 4.78 is 0. The molecule has 0 spiro atoms. The molecule has 1 fully saturated rings. The van der Waals surface area contributed by atoms with Crippen LogP contribution in [0.1, 0.15) is 45.4 Å². The Bertz CT molecular complexity index is 213. The summed E-state index contributed by atoms with van der Waals surface area (Å²) in [5, 5.41) is 15.0. The second kappa shape index (κ2) is 8.48. The lowest BCUT2D eigenvalue weighted by Gasteiger charge is -2.17. The second-order valence-corrected chi connectivity index (χ2v) is 5.17. The van der Waals surface area contributed by atoms with E-state index in [2.05, 4.69) is 10.6 Å². The fourth-order valence-electron chi connectivity index (χ4n) is 2.20. The van der Waals surface area contributed by atoms with Crippen LogP contribution in [0.25, 0.3) is 0 Å². The van der Waals surface area contributed by atoms with Gasteiger partial charge in [0.1, 0.15) is 0 Å². The fourth-order valence-corrected chi connectivity index (χ4v) is 2.20. The number of amides is 1. The Hall–Kier alpha value is -0.610. The van der Waals surface area contributed by atoms with Crippen LogP contribution in [0.4, 0.5) is 0 Å². The van der Waals surface area contributed by atoms with Crippen LogP contribution in [0.5, 0.6) is 0 Å². The van der Waals surface area contributed by atoms with Crippen LogP contribution >= 0.6 is 0 Å². The van der Waals surface area contributed by atoms with Gasteiger partial charge in [0, 0.05) is 19.2 Å². The van der Waals surface area contributed by atoms with Gasteiger partial charge >= 0.3 is 0 Å². The number of aliphatic hydroxyl groups excluding tert-OH is 1. The SMILES string of the molecule is CC(CO)CNCC(=O)NC1CCCCCC1. The fraction of sp³-hybridized carbons (Fsp3) is 0.923. The zero-order chi connectivity index (χ0) is 12.5. The van der Waals surface area contributed by atoms with E-state index >= 15 is 0 Å². The zero-order valence-corrected chi connectivity index (χ0v) is 10.9. The molecule has 0 saturated heterocycles. The van der Waals surface area contributed by atoms with Gasteiger partial charge in [-0.3, -0.25) is 4.79 Å². The highest BCUT2D eigenvalue weighted by Crippen LogP contribution is 2.16. The molecule has 0 aromatic heterocycles. The van der Waals surface area contributed by atoms with Gasteiger partial charge in [0.2, 0.25) is 5.91 Å². The number of hydrogen-bond donors (Lipinski definition) is 3. The third-order valence-electron chi connectivity index (χ3n) is 3.31. The molecule has 1 saturated carbocycles. The summed E-state index contributed by atoms with van der Waals surface area (Å²) in [4.78, 5) is 11.7. The average Bonchev–Trinajstić information content (AvgIpc) is 2.57. The number of carbonyl (C=O) groups is 1. The maximum Gasteiger partial charge on any atom is 0.234 e. The van der Waals surface area contributed by atoms with Crippen LogP contribution in [0.15, 0.2) is 0 Å². The quantitative estimate of drug-likeness (QED) is 0.610. The van der Waals surface area contributed by atoms with Crippen LogP contribution in [0.2, 0.25) is 0 Å². The van der Waals surface area contributed by atoms with Crippen molar-refractivity contribution in [2.24, 2.45) is 5.92 Å². The van der Waals surface area contributed by atoms with Gasteiger partial charge in [0.25, 0.3) is 0 Å². The summed E-state index contributed by atoms with van der Waals surface area (Å²) in [6.45, 7) is 3.17. The van der Waals surface area contributed by atoms with Gasteiger partial charge in [-0.25, -0.2) is 0 Å². The van der Waals surface area contributed by atoms with E-state index in [1.807, 2.05) is 6.92 Å². The van der Waals surface area contributed by atoms with Gasteiger partial charge in [0.15, 0.2) is 0 Å². The van der Waals surface area contributed by atoms with E-state index in [0.717, 1.165) is 12.8 Å². The molecule has 1 unspecified atom stereocenters. The molecule has 1 rings (SSSR count). The topological polar surface area (TPSA) is 61.4 Å². The molecule has 0 bridgehead atoms. The summed E-state index contributed by atoms with van der Waals surface area (Å²) in [6.07, 6.45) is 7.33. The maximum absolute atomic E-state index is 11.7. The predicted octanol–water partition coefficient (Wildman–Crippen LogP) is 1.04. The van der Waals surface area contributed by atoms with E-state index < -0.39 is 0 Å². The van der Waals surface area contributed by atoms with E-state index in [1.165, 1.54) is 25.7 Å². The van der Waals surface area contributed by atoms with E-state index in [4.69, 9.17) is 5.11 Å². The molecule has 0 heterocycles. The van der Waals surface area contributed by atoms with Gasteiger partial charge in [-0.1, -0.05) is 32.6 Å². The second-order valence-electron chi connectivity index (χ2n) is 5.17. The third kappa shape index (κ3) is 6.64. The molecule has 1 atom stereocenters. The lowest BCUT2D eigenvalue weighted by molar-refractivity contribution is -0.121. The highest BCUT2D eigenvalue weighted by atomic mass is 16.3. The molecule has 0 aromatic rings. The van der Waals surface area contributed by atoms with E-state index in [9.17, 15) is 4.79 Å². The lowest BCUT2D eigenvalue weighted by Crippen LogP contribution is -2.41. The highest BCUT2D eigenvalue weighted by molar-refractivity contribution is 5.78. The standard InChI is InChI=1S/C13H26N2O2/c1-11(10-16)8-14-9-13(17)15-12-6-4-2-3-5-7-12/h11-12,14,16H,2-10H2,1H3,(H,15,17). The minimum Gasteiger partial charge on any atom is -0.396 e. The first kappa shape index (κ1) is 14.5. The Balaban J connectivity index is 2.10. The Morgan fingerprint density at radius 2 is 1.94 bits per heavy atom. The number of rotatable bonds is 6. The first-order valence-corrected chi connectivity index (χ1v) is 6.83. The normalized spacial score (nSPS) is 19.6. The number of nitrogens with one attached hydrogen (secondary N) is 2. The van der Waals surface area contributed by atoms with E-state index in [-0.39, 0.29) is 18.4 Å². The van der Waals surface area contributed by atoms with Crippen molar-refractivity contribution in [1.29, 1.82) is 0 Å². The summed E-state index contributed by atoms with van der Waals surface area (Å²) in [5.74, 6) is 0.294. The Morgan fingerprint density at radius 1 is 1.29 bits per heavy atom. The lowest BCUT2D eigenvalue weighted by atomic mass is 10.1. The van der Waals surface area contributed by atoms with E-state index in [0.29, 0.717) is 19.1 Å². The molecule has 100 valence electrons. The van der Waals surface area contributed by atoms with Crippen molar-refractivity contribution in [2.45, 2.75) is 51.5 Å². The first-order chi connectivity index (χ1) is 8.22. The Kier molecular flexibility index (Phi) is 7.21. The molecule has 17 heavy (non-hydrogen) atoms. The molecule has 3 N–H and O–H groups in total. The zero-order valence-electron chi connectivity index (χ0n) is 10.9. The van der Waals surface area contributed by atoms with Crippen LogP contribution < -0.4 is 10.6 Å². The third-order valence-corrected chi connectivity index (χ3v) is 3.31. The van der Waals surface area contributed by atoms with Crippen LogP contribution in [0.3, 0.4) is 0 Å². The van der Waals surface area contributed by atoms with Crippen molar-refractivity contribution in [2.75, 3.05) is 19.7 Å². The van der Waals surface area contributed by atoms with Crippen molar-refractivity contribution < 1.29 is 9.90 Å². The highest BCUT2D eigenvalue weighted by Gasteiger charge is 2.14. The van der Waals surface area contributed by atoms with Gasteiger partial charge in [0.05, 0.1) is 6.54 Å². The molecular formula is C13H26N2O2. The van der Waals surface area contributed by atoms with Crippen molar-refractivity contribution >= 4 is 5.91 Å². The van der Waals surface area contributed by atoms with Gasteiger partial charge < -0.3 is 15.7 Å². The van der Waals surface area contributed by atoms with Crippen molar-refractivity contribution in [3.05, 3.63) is 0 Å². The summed E-state index contributed by atoms with van der Waals surface area (Å²) in [5.41, 5.74) is 0. The molecule has 1 amide bonds. The Morgan fingerprint density at radius 3 is 2.53 bits per heavy atom. The maximum atomic E-state index is 11.7. The molecule has 0 aromatic carbocycles. The minimum atomic E-state index is 0.0852. The molecule has 4 heteroatoms. The average molecular weight is 242 g/mol. The Labute approximate surface area is 104 Å². The summed E-state index contributed by atoms with van der Waals surface area (Å²) in [6, 6.07) is 0.377. The monoisotopic (exact) mass is 242 g/mol. The molecule has 4 nitrogen and oxygen atoms in total. The number of carbonyl (C=O) groups excluding carboxylic acids is 1. The number of aliphatic hydroxyl groups is 1. The van der Waals surface area contributed by atoms with E-state index in [1.54, 1.807) is 0 Å². The van der Waals surface area contributed by atoms with Crippen molar-refractivity contribution in [3.63, 3.8) is 0 Å². The van der Waals surface area contributed by atoms with Crippen molar-refractivity contribution in [1.82, 2.24) is 10.6 Å². The van der Waals surface area contributed by atoms with Crippen molar-refractivity contribution in [3.8, 4) is 0 Å². The molecular weight excluding hydrogens is 216 g/mol. The summed E-state index contributed by atoms with van der Waals surface area (Å²) >= 11 is 0. The van der Waals surface area contributed by atoms with Gasteiger partial charge in [-0.15, -0.1) is 0 Å². The van der Waals surface area contributed by atoms with Crippen LogP contribution in [-0.2, 0) is 4.79 Å². The molecule has 1 aliphatic carbocycles. The largest absolute Gasteiger partial charge is 0.396 e. The number of hydrogen-bond acceptors (Lipinski definition) is 3. The first-order valence-electron chi connectivity index (χ1n) is 6.83. The predicted molar refractivity (Wildman–Crippen MR) is 68.8 cm³/mol. The smallest absolute Gasteiger partial charge is 0.234 e. The molecule has 0 aliphatic heterocycles. The summed E-state index contributed by atoms with van der Waals surface area (Å²) in [7, 11) is 0. The van der Waals surface area contributed by atoms with Gasteiger partial charge in [-0.2, -0.15) is 0 Å². The molecule has 0 radical (unpaired) electrons.